The number of benzene rings is 1. The molecule has 1 saturated heterocycles. The number of alkyl halides is 7. The molecule has 2 atom stereocenters. The standard InChI is InChI=1S/C21H12F7N5O3/c22-19(23,20(24,25)21(26,27)28)17(35)31-8-9-5-13(31)15-16(34)33(18(36)32(9)15)14-7-30-12(6-29)10-3-1-2-4-11(10)14/h1-4,7,9,13,34H,5,8H2/t9-,13-/m0/s1. The number of fused-ring (bicyclic) bond motifs is 6. The molecule has 2 aliphatic heterocycles. The number of likely N-dealkylation sites (tertiary alicyclic amines) is 1. The van der Waals surface area contributed by atoms with Crippen LogP contribution >= 0.6 is 0 Å². The third kappa shape index (κ3) is 2.83. The maximum Gasteiger partial charge on any atom is 0.460 e. The molecule has 2 aromatic heterocycles. The second-order valence-electron chi connectivity index (χ2n) is 8.36. The van der Waals surface area contributed by atoms with Crippen LogP contribution in [0.2, 0.25) is 0 Å². The Bertz CT molecular complexity index is 1540. The van der Waals surface area contributed by atoms with Crippen LogP contribution in [0.5, 0.6) is 5.88 Å². The van der Waals surface area contributed by atoms with Crippen molar-refractivity contribution in [2.24, 2.45) is 0 Å². The van der Waals surface area contributed by atoms with E-state index in [4.69, 9.17) is 0 Å². The van der Waals surface area contributed by atoms with E-state index in [1.165, 1.54) is 12.1 Å². The lowest BCUT2D eigenvalue weighted by Gasteiger charge is -2.34. The molecule has 0 saturated carbocycles. The minimum Gasteiger partial charge on any atom is -0.493 e. The molecule has 188 valence electrons. The highest BCUT2D eigenvalue weighted by atomic mass is 19.4. The molecule has 1 amide bonds. The van der Waals surface area contributed by atoms with Gasteiger partial charge in [0, 0.05) is 17.3 Å². The van der Waals surface area contributed by atoms with Crippen LogP contribution < -0.4 is 5.69 Å². The van der Waals surface area contributed by atoms with Crippen LogP contribution in [0, 0.1) is 11.3 Å². The number of pyridine rings is 1. The minimum atomic E-state index is -6.69. The van der Waals surface area contributed by atoms with Gasteiger partial charge < -0.3 is 10.0 Å². The maximum atomic E-state index is 14.1. The van der Waals surface area contributed by atoms with Crippen molar-refractivity contribution in [3.63, 3.8) is 0 Å². The predicted molar refractivity (Wildman–Crippen MR) is 106 cm³/mol. The van der Waals surface area contributed by atoms with E-state index in [1.807, 2.05) is 6.07 Å². The van der Waals surface area contributed by atoms with Crippen molar-refractivity contribution in [3.8, 4) is 17.6 Å². The topological polar surface area (TPSA) is 104 Å². The van der Waals surface area contributed by atoms with Gasteiger partial charge in [-0.3, -0.25) is 9.36 Å². The van der Waals surface area contributed by atoms with Gasteiger partial charge in [-0.25, -0.2) is 14.3 Å². The number of rotatable bonds is 3. The average molecular weight is 515 g/mol. The average Bonchev–Trinajstić information content (AvgIpc) is 3.48. The second kappa shape index (κ2) is 7.21. The number of halogens is 7. The van der Waals surface area contributed by atoms with Crippen LogP contribution in [-0.4, -0.2) is 54.6 Å². The summed E-state index contributed by atoms with van der Waals surface area (Å²) >= 11 is 0. The number of carbonyl (C=O) groups is 1. The Morgan fingerprint density at radius 3 is 2.36 bits per heavy atom. The quantitative estimate of drug-likeness (QED) is 0.539. The van der Waals surface area contributed by atoms with Crippen LogP contribution in [0.15, 0.2) is 35.3 Å². The van der Waals surface area contributed by atoms with Gasteiger partial charge in [0.2, 0.25) is 5.88 Å². The van der Waals surface area contributed by atoms with Crippen LogP contribution in [0.25, 0.3) is 16.5 Å². The third-order valence-corrected chi connectivity index (χ3v) is 6.46. The number of aromatic hydroxyl groups is 1. The Labute approximate surface area is 195 Å². The van der Waals surface area contributed by atoms with Crippen molar-refractivity contribution in [2.75, 3.05) is 6.54 Å². The summed E-state index contributed by atoms with van der Waals surface area (Å²) in [5, 5.41) is 20.8. The lowest BCUT2D eigenvalue weighted by atomic mass is 10.1. The zero-order valence-corrected chi connectivity index (χ0v) is 17.6. The van der Waals surface area contributed by atoms with Crippen molar-refractivity contribution in [1.29, 1.82) is 5.26 Å². The van der Waals surface area contributed by atoms with E-state index in [0.29, 0.717) is 10.8 Å². The van der Waals surface area contributed by atoms with E-state index in [0.717, 1.165) is 15.3 Å². The van der Waals surface area contributed by atoms with Crippen LogP contribution in [0.4, 0.5) is 30.7 Å². The van der Waals surface area contributed by atoms with Gasteiger partial charge in [0.05, 0.1) is 24.0 Å². The van der Waals surface area contributed by atoms with Crippen LogP contribution in [0.3, 0.4) is 0 Å². The Kier molecular flexibility index (Phi) is 4.74. The smallest absolute Gasteiger partial charge is 0.460 e. The van der Waals surface area contributed by atoms with Gasteiger partial charge in [-0.2, -0.15) is 36.0 Å². The maximum absolute atomic E-state index is 14.1. The molecule has 4 heterocycles. The van der Waals surface area contributed by atoms with E-state index >= 15 is 0 Å². The van der Waals surface area contributed by atoms with Crippen LogP contribution in [-0.2, 0) is 4.79 Å². The summed E-state index contributed by atoms with van der Waals surface area (Å²) in [4.78, 5) is 29.5. The van der Waals surface area contributed by atoms with Gasteiger partial charge in [-0.1, -0.05) is 24.3 Å². The van der Waals surface area contributed by atoms with Gasteiger partial charge in [-0.15, -0.1) is 0 Å². The normalized spacial score (nSPS) is 19.6. The van der Waals surface area contributed by atoms with Gasteiger partial charge in [0.1, 0.15) is 17.5 Å². The number of carbonyl (C=O) groups excluding carboxylic acids is 1. The fourth-order valence-electron chi connectivity index (χ4n) is 4.83. The van der Waals surface area contributed by atoms with E-state index in [-0.39, 0.29) is 28.4 Å². The Morgan fingerprint density at radius 2 is 1.75 bits per heavy atom. The summed E-state index contributed by atoms with van der Waals surface area (Å²) in [5.74, 6) is -16.4. The summed E-state index contributed by atoms with van der Waals surface area (Å²) in [5.41, 5.74) is -1.24. The minimum absolute atomic E-state index is 0.000195. The molecular weight excluding hydrogens is 503 g/mol. The Balaban J connectivity index is 1.61. The first kappa shape index (κ1) is 23.6. The summed E-state index contributed by atoms with van der Waals surface area (Å²) in [6.07, 6.45) is -5.83. The zero-order chi connectivity index (χ0) is 26.4. The summed E-state index contributed by atoms with van der Waals surface area (Å²) in [6, 6.07) is 5.49. The molecule has 15 heteroatoms. The fourth-order valence-corrected chi connectivity index (χ4v) is 4.83. The van der Waals surface area contributed by atoms with E-state index < -0.39 is 54.1 Å². The molecule has 5 rings (SSSR count). The summed E-state index contributed by atoms with van der Waals surface area (Å²) < 4.78 is 94.6. The van der Waals surface area contributed by atoms with Crippen molar-refractivity contribution >= 4 is 16.7 Å². The number of hydrogen-bond acceptors (Lipinski definition) is 5. The summed E-state index contributed by atoms with van der Waals surface area (Å²) in [6.45, 7) is -0.740. The molecule has 2 bridgehead atoms. The van der Waals surface area contributed by atoms with Gasteiger partial charge in [-0.05, 0) is 6.42 Å². The second-order valence-corrected chi connectivity index (χ2v) is 8.36. The number of amides is 1. The molecule has 8 nitrogen and oxygen atoms in total. The lowest BCUT2D eigenvalue weighted by Crippen LogP contribution is -2.60. The molecule has 1 aromatic carbocycles. The molecular formula is C21H12F7N5O3. The van der Waals surface area contributed by atoms with Gasteiger partial charge >= 0.3 is 29.6 Å². The predicted octanol–water partition coefficient (Wildman–Crippen LogP) is 3.43. The fraction of sp³-hybridized carbons (Fsp3) is 0.333. The molecule has 0 aliphatic carbocycles. The highest BCUT2D eigenvalue weighted by Gasteiger charge is 2.77. The first-order valence-electron chi connectivity index (χ1n) is 10.2. The molecule has 3 aromatic rings. The monoisotopic (exact) mass is 515 g/mol. The largest absolute Gasteiger partial charge is 0.493 e. The number of aromatic nitrogens is 3. The number of imidazole rings is 1. The van der Waals surface area contributed by atoms with E-state index in [9.17, 15) is 50.7 Å². The highest BCUT2D eigenvalue weighted by molar-refractivity contribution is 5.93. The zero-order valence-electron chi connectivity index (χ0n) is 17.6. The van der Waals surface area contributed by atoms with Crippen molar-refractivity contribution in [3.05, 3.63) is 52.3 Å². The molecule has 0 unspecified atom stereocenters. The van der Waals surface area contributed by atoms with Crippen molar-refractivity contribution < 1.29 is 40.6 Å². The lowest BCUT2D eigenvalue weighted by molar-refractivity contribution is -0.346. The summed E-state index contributed by atoms with van der Waals surface area (Å²) in [7, 11) is 0. The van der Waals surface area contributed by atoms with Crippen molar-refractivity contribution in [1.82, 2.24) is 19.0 Å². The number of nitriles is 1. The Morgan fingerprint density at radius 1 is 1.11 bits per heavy atom. The molecule has 36 heavy (non-hydrogen) atoms. The van der Waals surface area contributed by atoms with Gasteiger partial charge in [0.15, 0.2) is 0 Å². The first-order valence-corrected chi connectivity index (χ1v) is 10.2. The molecule has 1 fully saturated rings. The Hall–Kier alpha value is -4.09. The van der Waals surface area contributed by atoms with Crippen LogP contribution in [0.1, 0.15) is 29.9 Å². The van der Waals surface area contributed by atoms with Crippen molar-refractivity contribution in [2.45, 2.75) is 36.5 Å². The molecule has 1 N–H and O–H groups in total. The third-order valence-electron chi connectivity index (χ3n) is 6.46. The number of hydrogen-bond donors (Lipinski definition) is 1. The first-order chi connectivity index (χ1) is 16.7. The highest BCUT2D eigenvalue weighted by Crippen LogP contribution is 2.53. The van der Waals surface area contributed by atoms with E-state index in [1.54, 1.807) is 12.1 Å². The molecule has 0 spiro atoms. The SMILES string of the molecule is N#Cc1ncc(-n2c(O)c3n(c2=O)[C@H]2C[C@@H]3N(C(=O)C(F)(F)C(F)(F)C(F)(F)F)C2)c2ccccc12. The number of nitrogens with zero attached hydrogens (tertiary/aromatic N) is 5. The van der Waals surface area contributed by atoms with E-state index in [2.05, 4.69) is 4.98 Å². The molecule has 2 aliphatic rings. The molecule has 0 radical (unpaired) electrons. The van der Waals surface area contributed by atoms with Gasteiger partial charge in [0.25, 0.3) is 0 Å².